The van der Waals surface area contributed by atoms with E-state index < -0.39 is 0 Å². The van der Waals surface area contributed by atoms with Gasteiger partial charge in [-0.2, -0.15) is 0 Å². The maximum atomic E-state index is 13.2. The fraction of sp³-hybridized carbons (Fsp3) is 0.375. The molecule has 31 heavy (non-hydrogen) atoms. The Kier molecular flexibility index (Phi) is 4.98. The van der Waals surface area contributed by atoms with Gasteiger partial charge in [-0.1, -0.05) is 6.07 Å². The Bertz CT molecular complexity index is 1180. The largest absolute Gasteiger partial charge is 0.497 e. The van der Waals surface area contributed by atoms with E-state index in [-0.39, 0.29) is 16.9 Å². The van der Waals surface area contributed by atoms with Crippen LogP contribution in [0.3, 0.4) is 0 Å². The van der Waals surface area contributed by atoms with Crippen LogP contribution in [0.1, 0.15) is 24.1 Å². The molecule has 1 unspecified atom stereocenters. The van der Waals surface area contributed by atoms with E-state index in [2.05, 4.69) is 14.9 Å². The number of aromatic nitrogens is 2. The van der Waals surface area contributed by atoms with Gasteiger partial charge in [0.05, 0.1) is 24.8 Å². The zero-order chi connectivity index (χ0) is 21.4. The van der Waals surface area contributed by atoms with Gasteiger partial charge >= 0.3 is 0 Å². The summed E-state index contributed by atoms with van der Waals surface area (Å²) in [6.07, 6.45) is 3.46. The van der Waals surface area contributed by atoms with Gasteiger partial charge in [-0.3, -0.25) is 19.5 Å². The molecule has 2 fully saturated rings. The van der Waals surface area contributed by atoms with Crippen molar-refractivity contribution in [2.24, 2.45) is 5.41 Å². The van der Waals surface area contributed by atoms with Crippen LogP contribution >= 0.6 is 0 Å². The standard InChI is InChI=1S/C24H26N4O3/c1-31-20-5-6-21-17(13-20)12-18(22(29)26-21)14-27-10-7-24(16-27)8-11-28(23(24)30)15-19-4-2-3-9-25-19/h2-6,9,12-13H,7-8,10-11,14-16H2,1H3,(H,26,29). The highest BCUT2D eigenvalue weighted by Gasteiger charge is 2.50. The van der Waals surface area contributed by atoms with Crippen LogP contribution in [0.4, 0.5) is 0 Å². The molecular weight excluding hydrogens is 392 g/mol. The third-order valence-corrected chi connectivity index (χ3v) is 6.64. The minimum atomic E-state index is -0.332. The Labute approximate surface area is 180 Å². The third-order valence-electron chi connectivity index (χ3n) is 6.64. The molecule has 2 aromatic heterocycles. The van der Waals surface area contributed by atoms with E-state index in [1.807, 2.05) is 47.4 Å². The van der Waals surface area contributed by atoms with Crippen LogP contribution in [0.25, 0.3) is 10.9 Å². The molecule has 0 aliphatic carbocycles. The molecule has 2 aliphatic rings. The van der Waals surface area contributed by atoms with Gasteiger partial charge < -0.3 is 14.6 Å². The number of ether oxygens (including phenoxy) is 1. The minimum Gasteiger partial charge on any atom is -0.497 e. The fourth-order valence-electron chi connectivity index (χ4n) is 4.92. The van der Waals surface area contributed by atoms with Crippen LogP contribution in [0, 0.1) is 5.41 Å². The van der Waals surface area contributed by atoms with Gasteiger partial charge in [0.1, 0.15) is 5.75 Å². The first-order valence-electron chi connectivity index (χ1n) is 10.7. The molecule has 1 atom stereocenters. The molecule has 2 aliphatic heterocycles. The molecule has 1 spiro atoms. The molecule has 0 bridgehead atoms. The molecule has 2 saturated heterocycles. The zero-order valence-electron chi connectivity index (χ0n) is 17.6. The van der Waals surface area contributed by atoms with E-state index in [0.717, 1.165) is 48.3 Å². The number of carbonyl (C=O) groups excluding carboxylic acids is 1. The average Bonchev–Trinajstić information content (AvgIpc) is 3.33. The van der Waals surface area contributed by atoms with Crippen LogP contribution in [0.5, 0.6) is 5.75 Å². The maximum absolute atomic E-state index is 13.2. The highest BCUT2D eigenvalue weighted by atomic mass is 16.5. The second-order valence-corrected chi connectivity index (χ2v) is 8.62. The van der Waals surface area contributed by atoms with Gasteiger partial charge in [0, 0.05) is 42.3 Å². The number of fused-ring (bicyclic) bond motifs is 1. The molecule has 160 valence electrons. The lowest BCUT2D eigenvalue weighted by molar-refractivity contribution is -0.136. The van der Waals surface area contributed by atoms with Crippen LogP contribution in [-0.4, -0.2) is 52.4 Å². The highest BCUT2D eigenvalue weighted by molar-refractivity contribution is 5.85. The zero-order valence-corrected chi connectivity index (χ0v) is 17.6. The number of amides is 1. The quantitative estimate of drug-likeness (QED) is 0.689. The smallest absolute Gasteiger partial charge is 0.252 e. The molecule has 5 rings (SSSR count). The number of pyridine rings is 2. The van der Waals surface area contributed by atoms with Crippen LogP contribution in [-0.2, 0) is 17.9 Å². The number of carbonyl (C=O) groups is 1. The average molecular weight is 418 g/mol. The normalized spacial score (nSPS) is 21.5. The molecular formula is C24H26N4O3. The van der Waals surface area contributed by atoms with Gasteiger partial charge in [0.2, 0.25) is 5.91 Å². The SMILES string of the molecule is COc1ccc2[nH]c(=O)c(CN3CCC4(CCN(Cc5ccccn5)C4=O)C3)cc2c1. The number of hydrogen-bond acceptors (Lipinski definition) is 5. The monoisotopic (exact) mass is 418 g/mol. The van der Waals surface area contributed by atoms with Crippen molar-refractivity contribution >= 4 is 16.8 Å². The maximum Gasteiger partial charge on any atom is 0.252 e. The molecule has 3 aromatic rings. The lowest BCUT2D eigenvalue weighted by Gasteiger charge is -2.23. The van der Waals surface area contributed by atoms with Crippen molar-refractivity contribution in [3.8, 4) is 5.75 Å². The van der Waals surface area contributed by atoms with E-state index in [4.69, 9.17) is 4.74 Å². The van der Waals surface area contributed by atoms with E-state index in [9.17, 15) is 9.59 Å². The number of methoxy groups -OCH3 is 1. The number of benzene rings is 1. The number of H-pyrrole nitrogens is 1. The summed E-state index contributed by atoms with van der Waals surface area (Å²) < 4.78 is 5.30. The summed E-state index contributed by atoms with van der Waals surface area (Å²) in [5.74, 6) is 0.980. The van der Waals surface area contributed by atoms with E-state index >= 15 is 0 Å². The second-order valence-electron chi connectivity index (χ2n) is 8.62. The minimum absolute atomic E-state index is 0.0758. The molecule has 1 aromatic carbocycles. The van der Waals surface area contributed by atoms with Gasteiger partial charge in [-0.05, 0) is 55.8 Å². The van der Waals surface area contributed by atoms with Crippen molar-refractivity contribution in [1.82, 2.24) is 19.8 Å². The summed E-state index contributed by atoms with van der Waals surface area (Å²) in [5.41, 5.74) is 2.02. The van der Waals surface area contributed by atoms with Gasteiger partial charge in [0.25, 0.3) is 5.56 Å². The van der Waals surface area contributed by atoms with Crippen molar-refractivity contribution in [1.29, 1.82) is 0 Å². The Morgan fingerprint density at radius 1 is 1.10 bits per heavy atom. The molecule has 1 N–H and O–H groups in total. The van der Waals surface area contributed by atoms with Crippen molar-refractivity contribution in [2.45, 2.75) is 25.9 Å². The van der Waals surface area contributed by atoms with Gasteiger partial charge in [-0.15, -0.1) is 0 Å². The summed E-state index contributed by atoms with van der Waals surface area (Å²) in [5, 5.41) is 0.946. The van der Waals surface area contributed by atoms with Crippen molar-refractivity contribution in [3.63, 3.8) is 0 Å². The molecule has 1 amide bonds. The predicted molar refractivity (Wildman–Crippen MR) is 118 cm³/mol. The van der Waals surface area contributed by atoms with E-state index in [1.165, 1.54) is 0 Å². The van der Waals surface area contributed by atoms with E-state index in [0.29, 0.717) is 25.2 Å². The first-order chi connectivity index (χ1) is 15.1. The van der Waals surface area contributed by atoms with Crippen LogP contribution < -0.4 is 10.3 Å². The van der Waals surface area contributed by atoms with Gasteiger partial charge in [0.15, 0.2) is 0 Å². The van der Waals surface area contributed by atoms with Gasteiger partial charge in [-0.25, -0.2) is 0 Å². The summed E-state index contributed by atoms with van der Waals surface area (Å²) in [4.78, 5) is 37.3. The summed E-state index contributed by atoms with van der Waals surface area (Å²) in [7, 11) is 1.63. The third kappa shape index (κ3) is 3.70. The number of likely N-dealkylation sites (tertiary alicyclic amines) is 2. The molecule has 4 heterocycles. The second kappa shape index (κ2) is 7.81. The first kappa shape index (κ1) is 19.8. The topological polar surface area (TPSA) is 78.5 Å². The number of nitrogens with zero attached hydrogens (tertiary/aromatic N) is 3. The highest BCUT2D eigenvalue weighted by Crippen LogP contribution is 2.41. The van der Waals surface area contributed by atoms with Crippen molar-refractivity contribution in [2.75, 3.05) is 26.7 Å². The predicted octanol–water partition coefficient (Wildman–Crippen LogP) is 2.56. The Hall–Kier alpha value is -3.19. The van der Waals surface area contributed by atoms with E-state index in [1.54, 1.807) is 13.3 Å². The first-order valence-corrected chi connectivity index (χ1v) is 10.7. The van der Waals surface area contributed by atoms with Crippen LogP contribution in [0.2, 0.25) is 0 Å². The Balaban J connectivity index is 1.30. The summed E-state index contributed by atoms with van der Waals surface area (Å²) >= 11 is 0. The number of rotatable bonds is 5. The number of nitrogens with one attached hydrogen (secondary N) is 1. The molecule has 7 heteroatoms. The Morgan fingerprint density at radius 3 is 2.77 bits per heavy atom. The number of aromatic amines is 1. The summed E-state index contributed by atoms with van der Waals surface area (Å²) in [6.45, 7) is 3.38. The van der Waals surface area contributed by atoms with Crippen molar-refractivity contribution in [3.05, 3.63) is 70.3 Å². The number of hydrogen-bond donors (Lipinski definition) is 1. The van der Waals surface area contributed by atoms with Crippen molar-refractivity contribution < 1.29 is 9.53 Å². The van der Waals surface area contributed by atoms with Crippen LogP contribution in [0.15, 0.2) is 53.5 Å². The Morgan fingerprint density at radius 2 is 1.97 bits per heavy atom. The lowest BCUT2D eigenvalue weighted by atomic mass is 9.85. The molecule has 0 saturated carbocycles. The fourth-order valence-corrected chi connectivity index (χ4v) is 4.92. The molecule has 7 nitrogen and oxygen atoms in total. The lowest BCUT2D eigenvalue weighted by Crippen LogP contribution is -2.37. The molecule has 0 radical (unpaired) electrons. The summed E-state index contributed by atoms with van der Waals surface area (Å²) in [6, 6.07) is 13.4.